The number of anilines is 1. The van der Waals surface area contributed by atoms with Crippen LogP contribution in [0.2, 0.25) is 0 Å². The summed E-state index contributed by atoms with van der Waals surface area (Å²) in [5, 5.41) is 15.1. The lowest BCUT2D eigenvalue weighted by atomic mass is 10.1. The summed E-state index contributed by atoms with van der Waals surface area (Å²) < 4.78 is 4.37. The molecule has 1 amide bonds. The van der Waals surface area contributed by atoms with Crippen LogP contribution in [0.4, 0.5) is 5.69 Å². The summed E-state index contributed by atoms with van der Waals surface area (Å²) in [5.74, 6) is -1.13. The molecule has 0 saturated carbocycles. The third kappa shape index (κ3) is 4.55. The molecule has 0 aliphatic heterocycles. The number of nitrogens with one attached hydrogen (secondary N) is 2. The minimum absolute atomic E-state index is 0.187. The molecular formula is C14H20N2O4. The summed E-state index contributed by atoms with van der Waals surface area (Å²) in [6, 6.07) is 7.07. The van der Waals surface area contributed by atoms with E-state index in [1.54, 1.807) is 18.2 Å². The van der Waals surface area contributed by atoms with Crippen LogP contribution in [0.25, 0.3) is 0 Å². The number of methoxy groups -OCH3 is 1. The summed E-state index contributed by atoms with van der Waals surface area (Å²) in [7, 11) is 1.18. The van der Waals surface area contributed by atoms with Crippen molar-refractivity contribution in [3.05, 3.63) is 29.8 Å². The van der Waals surface area contributed by atoms with Crippen LogP contribution in [0.1, 0.15) is 23.7 Å². The molecule has 0 aliphatic carbocycles. The van der Waals surface area contributed by atoms with Gasteiger partial charge in [-0.05, 0) is 18.6 Å². The Morgan fingerprint density at radius 3 is 2.70 bits per heavy atom. The second-order valence-corrected chi connectivity index (χ2v) is 4.22. The third-order valence-electron chi connectivity index (χ3n) is 2.67. The zero-order valence-corrected chi connectivity index (χ0v) is 11.7. The molecule has 6 nitrogen and oxygen atoms in total. The van der Waals surface area contributed by atoms with Crippen molar-refractivity contribution in [1.29, 1.82) is 0 Å². The van der Waals surface area contributed by atoms with Crippen LogP contribution in [0.3, 0.4) is 0 Å². The van der Waals surface area contributed by atoms with Crippen molar-refractivity contribution in [2.75, 3.05) is 25.5 Å². The molecule has 6 heteroatoms. The van der Waals surface area contributed by atoms with Crippen molar-refractivity contribution in [2.45, 2.75) is 19.4 Å². The molecular weight excluding hydrogens is 260 g/mol. The zero-order chi connectivity index (χ0) is 15.0. The maximum atomic E-state index is 12.0. The summed E-state index contributed by atoms with van der Waals surface area (Å²) in [6.45, 7) is 2.60. The Kier molecular flexibility index (Phi) is 6.52. The van der Waals surface area contributed by atoms with Crippen LogP contribution in [0.15, 0.2) is 24.3 Å². The number of hydrogen-bond acceptors (Lipinski definition) is 5. The molecule has 1 rings (SSSR count). The second kappa shape index (κ2) is 8.16. The lowest BCUT2D eigenvalue weighted by Crippen LogP contribution is -2.37. The van der Waals surface area contributed by atoms with Crippen LogP contribution < -0.4 is 10.6 Å². The molecule has 20 heavy (non-hydrogen) atoms. The Hall–Kier alpha value is -2.08. The first-order chi connectivity index (χ1) is 9.60. The first-order valence-corrected chi connectivity index (χ1v) is 6.47. The number of para-hydroxylation sites is 1. The monoisotopic (exact) mass is 280 g/mol. The maximum Gasteiger partial charge on any atom is 0.336 e. The largest absolute Gasteiger partial charge is 0.467 e. The van der Waals surface area contributed by atoms with E-state index in [2.05, 4.69) is 15.4 Å². The van der Waals surface area contributed by atoms with Gasteiger partial charge in [-0.3, -0.25) is 4.79 Å². The van der Waals surface area contributed by atoms with Gasteiger partial charge >= 0.3 is 5.97 Å². The minimum atomic E-state index is -1.36. The standard InChI is InChI=1S/C14H20N2O4/c1-3-8-15-11-7-5-4-6-10(11)13(18)16-9-12(17)14(19)20-2/h4-7,12,15,17H,3,8-9H2,1-2H3,(H,16,18). The van der Waals surface area contributed by atoms with Crippen molar-refractivity contribution < 1.29 is 19.4 Å². The van der Waals surface area contributed by atoms with E-state index in [4.69, 9.17) is 0 Å². The number of esters is 1. The highest BCUT2D eigenvalue weighted by molar-refractivity contribution is 5.99. The molecule has 0 bridgehead atoms. The van der Waals surface area contributed by atoms with E-state index in [1.807, 2.05) is 13.0 Å². The van der Waals surface area contributed by atoms with Gasteiger partial charge in [-0.25, -0.2) is 4.79 Å². The van der Waals surface area contributed by atoms with Gasteiger partial charge in [0.2, 0.25) is 0 Å². The van der Waals surface area contributed by atoms with Gasteiger partial charge in [-0.2, -0.15) is 0 Å². The molecule has 3 N–H and O–H groups in total. The summed E-state index contributed by atoms with van der Waals surface area (Å²) in [6.07, 6.45) is -0.420. The highest BCUT2D eigenvalue weighted by Crippen LogP contribution is 2.14. The maximum absolute atomic E-state index is 12.0. The highest BCUT2D eigenvalue weighted by Gasteiger charge is 2.17. The number of rotatable bonds is 7. The number of aliphatic hydroxyl groups excluding tert-OH is 1. The fourth-order valence-electron chi connectivity index (χ4n) is 1.60. The minimum Gasteiger partial charge on any atom is -0.467 e. The van der Waals surface area contributed by atoms with Gasteiger partial charge in [0.1, 0.15) is 0 Å². The topological polar surface area (TPSA) is 87.7 Å². The van der Waals surface area contributed by atoms with Gasteiger partial charge in [-0.15, -0.1) is 0 Å². The van der Waals surface area contributed by atoms with E-state index in [0.29, 0.717) is 5.56 Å². The van der Waals surface area contributed by atoms with Crippen LogP contribution in [0, 0.1) is 0 Å². The van der Waals surface area contributed by atoms with Gasteiger partial charge in [0, 0.05) is 12.2 Å². The van der Waals surface area contributed by atoms with E-state index < -0.39 is 12.1 Å². The number of carbonyl (C=O) groups is 2. The van der Waals surface area contributed by atoms with Crippen molar-refractivity contribution in [3.63, 3.8) is 0 Å². The van der Waals surface area contributed by atoms with Gasteiger partial charge < -0.3 is 20.5 Å². The molecule has 1 aromatic rings. The Morgan fingerprint density at radius 1 is 1.35 bits per heavy atom. The zero-order valence-electron chi connectivity index (χ0n) is 11.7. The summed E-state index contributed by atoms with van der Waals surface area (Å²) in [5.41, 5.74) is 1.19. The number of carbonyl (C=O) groups excluding carboxylic acids is 2. The number of amides is 1. The van der Waals surface area contributed by atoms with Crippen LogP contribution in [0.5, 0.6) is 0 Å². The third-order valence-corrected chi connectivity index (χ3v) is 2.67. The quantitative estimate of drug-likeness (QED) is 0.642. The lowest BCUT2D eigenvalue weighted by Gasteiger charge is -2.13. The van der Waals surface area contributed by atoms with Gasteiger partial charge in [0.05, 0.1) is 19.2 Å². The van der Waals surface area contributed by atoms with E-state index in [-0.39, 0.29) is 12.5 Å². The number of hydrogen-bond donors (Lipinski definition) is 3. The van der Waals surface area contributed by atoms with Crippen LogP contribution >= 0.6 is 0 Å². The lowest BCUT2D eigenvalue weighted by molar-refractivity contribution is -0.149. The molecule has 110 valence electrons. The fraction of sp³-hybridized carbons (Fsp3) is 0.429. The summed E-state index contributed by atoms with van der Waals surface area (Å²) >= 11 is 0. The highest BCUT2D eigenvalue weighted by atomic mass is 16.5. The molecule has 0 radical (unpaired) electrons. The van der Waals surface area contributed by atoms with Crippen LogP contribution in [-0.2, 0) is 9.53 Å². The van der Waals surface area contributed by atoms with E-state index >= 15 is 0 Å². The van der Waals surface area contributed by atoms with Crippen molar-refractivity contribution in [1.82, 2.24) is 5.32 Å². The molecule has 0 aliphatic rings. The normalized spacial score (nSPS) is 11.6. The molecule has 0 saturated heterocycles. The van der Waals surface area contributed by atoms with E-state index in [1.165, 1.54) is 7.11 Å². The van der Waals surface area contributed by atoms with Crippen molar-refractivity contribution in [3.8, 4) is 0 Å². The molecule has 0 aromatic heterocycles. The predicted molar refractivity (Wildman–Crippen MR) is 75.6 cm³/mol. The molecule has 1 unspecified atom stereocenters. The molecule has 1 aromatic carbocycles. The Morgan fingerprint density at radius 2 is 2.05 bits per heavy atom. The van der Waals surface area contributed by atoms with E-state index in [9.17, 15) is 14.7 Å². The number of aliphatic hydroxyl groups is 1. The molecule has 0 spiro atoms. The van der Waals surface area contributed by atoms with Crippen LogP contribution in [-0.4, -0.2) is 43.3 Å². The first kappa shape index (κ1) is 16.0. The fourth-order valence-corrected chi connectivity index (χ4v) is 1.60. The Labute approximate surface area is 118 Å². The Bertz CT molecular complexity index is 462. The summed E-state index contributed by atoms with van der Waals surface area (Å²) in [4.78, 5) is 23.1. The molecule has 0 fully saturated rings. The van der Waals surface area contributed by atoms with Crippen molar-refractivity contribution >= 4 is 17.6 Å². The smallest absolute Gasteiger partial charge is 0.336 e. The number of benzene rings is 1. The van der Waals surface area contributed by atoms with Gasteiger partial charge in [0.25, 0.3) is 5.91 Å². The second-order valence-electron chi connectivity index (χ2n) is 4.22. The van der Waals surface area contributed by atoms with Gasteiger partial charge in [-0.1, -0.05) is 19.1 Å². The SMILES string of the molecule is CCCNc1ccccc1C(=O)NCC(O)C(=O)OC. The Balaban J connectivity index is 2.65. The molecule has 1 atom stereocenters. The van der Waals surface area contributed by atoms with Gasteiger partial charge in [0.15, 0.2) is 6.10 Å². The predicted octanol–water partition coefficient (Wildman–Crippen LogP) is 0.772. The first-order valence-electron chi connectivity index (χ1n) is 6.47. The van der Waals surface area contributed by atoms with Crippen molar-refractivity contribution in [2.24, 2.45) is 0 Å². The molecule has 0 heterocycles. The number of ether oxygens (including phenoxy) is 1. The average molecular weight is 280 g/mol. The van der Waals surface area contributed by atoms with E-state index in [0.717, 1.165) is 18.7 Å². The average Bonchev–Trinajstić information content (AvgIpc) is 2.49.